The number of fused-ring (bicyclic) bond motifs is 3. The van der Waals surface area contributed by atoms with Crippen LogP contribution in [-0.4, -0.2) is 43.1 Å². The quantitative estimate of drug-likeness (QED) is 0.394. The Labute approximate surface area is 196 Å². The summed E-state index contributed by atoms with van der Waals surface area (Å²) in [7, 11) is 0. The number of carbonyl (C=O) groups is 1. The average Bonchev–Trinajstić information content (AvgIpc) is 3.53. The first-order chi connectivity index (χ1) is 16.0. The molecule has 1 atom stereocenters. The molecule has 0 aliphatic carbocycles. The van der Waals surface area contributed by atoms with Crippen molar-refractivity contribution in [1.29, 1.82) is 0 Å². The van der Waals surface area contributed by atoms with Crippen molar-refractivity contribution in [2.75, 3.05) is 12.3 Å². The van der Waals surface area contributed by atoms with Crippen LogP contribution >= 0.6 is 11.3 Å². The Balaban J connectivity index is 1.45. The predicted octanol–water partition coefficient (Wildman–Crippen LogP) is 4.67. The van der Waals surface area contributed by atoms with Crippen molar-refractivity contribution in [3.63, 3.8) is 0 Å². The number of aromatic nitrogens is 3. The summed E-state index contributed by atoms with van der Waals surface area (Å²) in [4.78, 5) is 23.0. The maximum atomic E-state index is 11.5. The van der Waals surface area contributed by atoms with E-state index in [1.54, 1.807) is 11.3 Å². The fraction of sp³-hybridized carbons (Fsp3) is 0.400. The normalized spacial score (nSPS) is 16.8. The van der Waals surface area contributed by atoms with E-state index in [9.17, 15) is 9.90 Å². The number of rotatable bonds is 8. The number of nitrogen functional groups attached to an aromatic ring is 1. The van der Waals surface area contributed by atoms with Crippen LogP contribution in [0.1, 0.15) is 49.6 Å². The van der Waals surface area contributed by atoms with Gasteiger partial charge in [0.1, 0.15) is 17.4 Å². The maximum Gasteiger partial charge on any atom is 0.320 e. The van der Waals surface area contributed by atoms with Gasteiger partial charge in [0, 0.05) is 19.5 Å². The zero-order chi connectivity index (χ0) is 22.9. The molecule has 0 amide bonds. The highest BCUT2D eigenvalue weighted by molar-refractivity contribution is 7.18. The molecule has 0 saturated carbocycles. The van der Waals surface area contributed by atoms with E-state index in [4.69, 9.17) is 10.7 Å². The number of nitrogens with two attached hydrogens (primary N) is 1. The number of hydrogen-bond acceptors (Lipinski definition) is 6. The average molecular weight is 464 g/mol. The van der Waals surface area contributed by atoms with E-state index in [1.165, 1.54) is 5.56 Å². The highest BCUT2D eigenvalue weighted by Gasteiger charge is 2.30. The molecular weight excluding hydrogens is 434 g/mol. The molecular formula is C25H29N5O2S. The molecule has 0 radical (unpaired) electrons. The fourth-order valence-corrected chi connectivity index (χ4v) is 5.70. The van der Waals surface area contributed by atoms with Gasteiger partial charge in [-0.2, -0.15) is 0 Å². The van der Waals surface area contributed by atoms with Crippen molar-refractivity contribution >= 4 is 44.4 Å². The summed E-state index contributed by atoms with van der Waals surface area (Å²) in [5.41, 5.74) is 11.4. The number of carboxylic acids is 1. The van der Waals surface area contributed by atoms with Crippen LogP contribution in [-0.2, 0) is 24.3 Å². The minimum Gasteiger partial charge on any atom is -0.480 e. The highest BCUT2D eigenvalue weighted by Crippen LogP contribution is 2.33. The molecule has 4 aromatic rings. The first-order valence-electron chi connectivity index (χ1n) is 11.6. The Morgan fingerprint density at radius 3 is 2.67 bits per heavy atom. The number of unbranched alkanes of at least 4 members (excludes halogenated alkanes) is 1. The summed E-state index contributed by atoms with van der Waals surface area (Å²) in [6.45, 7) is 4.42. The number of imidazole rings is 1. The van der Waals surface area contributed by atoms with Gasteiger partial charge in [-0.05, 0) is 48.4 Å². The summed E-state index contributed by atoms with van der Waals surface area (Å²) < 4.78 is 3.43. The number of aryl methyl sites for hydroxylation is 1. The van der Waals surface area contributed by atoms with Crippen molar-refractivity contribution in [1.82, 2.24) is 19.4 Å². The highest BCUT2D eigenvalue weighted by atomic mass is 32.1. The van der Waals surface area contributed by atoms with Crippen LogP contribution in [0.2, 0.25) is 0 Å². The van der Waals surface area contributed by atoms with Crippen molar-refractivity contribution in [3.05, 3.63) is 52.7 Å². The summed E-state index contributed by atoms with van der Waals surface area (Å²) in [6.07, 6.45) is 4.76. The molecule has 0 bridgehead atoms. The standard InChI is InChI=1S/C25H29N5O2S/c1-2-3-6-20-28-21-22(23-18(11-13-33-23)27-24(21)26)30(20)15-17-9-7-16(8-10-17)14-29-12-4-5-19(29)25(31)32/h7-11,13,19H,2-6,12,14-15H2,1H3,(H2,26,27)(H,31,32)/t19-/m0/s1. The van der Waals surface area contributed by atoms with E-state index >= 15 is 0 Å². The number of thiophene rings is 1. The molecule has 33 heavy (non-hydrogen) atoms. The third kappa shape index (κ3) is 4.20. The third-order valence-corrected chi connectivity index (χ3v) is 7.45. The van der Waals surface area contributed by atoms with Crippen molar-refractivity contribution in [3.8, 4) is 0 Å². The molecule has 3 aromatic heterocycles. The largest absolute Gasteiger partial charge is 0.480 e. The first kappa shape index (κ1) is 21.9. The van der Waals surface area contributed by atoms with Gasteiger partial charge in [-0.1, -0.05) is 37.6 Å². The molecule has 7 nitrogen and oxygen atoms in total. The smallest absolute Gasteiger partial charge is 0.320 e. The van der Waals surface area contributed by atoms with E-state index in [-0.39, 0.29) is 6.04 Å². The van der Waals surface area contributed by atoms with E-state index in [0.29, 0.717) is 18.9 Å². The monoisotopic (exact) mass is 463 g/mol. The van der Waals surface area contributed by atoms with Crippen LogP contribution in [0.15, 0.2) is 35.7 Å². The van der Waals surface area contributed by atoms with Crippen LogP contribution < -0.4 is 5.73 Å². The maximum absolute atomic E-state index is 11.5. The second-order valence-electron chi connectivity index (χ2n) is 8.83. The molecule has 1 aliphatic heterocycles. The lowest BCUT2D eigenvalue weighted by Crippen LogP contribution is -2.35. The molecule has 8 heteroatoms. The Morgan fingerprint density at radius 2 is 1.94 bits per heavy atom. The summed E-state index contributed by atoms with van der Waals surface area (Å²) >= 11 is 1.68. The molecule has 4 heterocycles. The van der Waals surface area contributed by atoms with Gasteiger partial charge in [0.15, 0.2) is 5.82 Å². The lowest BCUT2D eigenvalue weighted by atomic mass is 10.1. The van der Waals surface area contributed by atoms with E-state index < -0.39 is 5.97 Å². The number of aliphatic carboxylic acids is 1. The molecule has 0 spiro atoms. The number of hydrogen-bond donors (Lipinski definition) is 2. The minimum atomic E-state index is -0.718. The van der Waals surface area contributed by atoms with Gasteiger partial charge in [-0.3, -0.25) is 9.69 Å². The predicted molar refractivity (Wildman–Crippen MR) is 133 cm³/mol. The fourth-order valence-electron chi connectivity index (χ4n) is 4.82. The molecule has 5 rings (SSSR count). The second kappa shape index (κ2) is 9.11. The number of nitrogens with zero attached hydrogens (tertiary/aromatic N) is 4. The number of anilines is 1. The first-order valence-corrected chi connectivity index (χ1v) is 12.5. The Morgan fingerprint density at radius 1 is 1.18 bits per heavy atom. The molecule has 1 saturated heterocycles. The Kier molecular flexibility index (Phi) is 6.03. The van der Waals surface area contributed by atoms with Crippen molar-refractivity contribution in [2.24, 2.45) is 0 Å². The molecule has 172 valence electrons. The molecule has 3 N–H and O–H groups in total. The van der Waals surface area contributed by atoms with E-state index in [0.717, 1.165) is 71.3 Å². The van der Waals surface area contributed by atoms with Gasteiger partial charge >= 0.3 is 5.97 Å². The van der Waals surface area contributed by atoms with Crippen LogP contribution in [0.5, 0.6) is 0 Å². The van der Waals surface area contributed by atoms with Gasteiger partial charge in [0.25, 0.3) is 0 Å². The van der Waals surface area contributed by atoms with Gasteiger partial charge in [-0.25, -0.2) is 9.97 Å². The lowest BCUT2D eigenvalue weighted by Gasteiger charge is -2.21. The molecule has 1 aliphatic rings. The van der Waals surface area contributed by atoms with Gasteiger partial charge in [-0.15, -0.1) is 11.3 Å². The van der Waals surface area contributed by atoms with Gasteiger partial charge in [0.2, 0.25) is 0 Å². The number of carboxylic acid groups (broad SMARTS) is 1. The zero-order valence-corrected chi connectivity index (χ0v) is 19.6. The van der Waals surface area contributed by atoms with E-state index in [1.807, 2.05) is 6.07 Å². The summed E-state index contributed by atoms with van der Waals surface area (Å²) in [6, 6.07) is 10.2. The summed E-state index contributed by atoms with van der Waals surface area (Å²) in [5.74, 6) is 0.817. The third-order valence-electron chi connectivity index (χ3n) is 6.54. The van der Waals surface area contributed by atoms with Gasteiger partial charge < -0.3 is 15.4 Å². The lowest BCUT2D eigenvalue weighted by molar-refractivity contribution is -0.142. The minimum absolute atomic E-state index is 0.365. The zero-order valence-electron chi connectivity index (χ0n) is 18.8. The Bertz CT molecular complexity index is 1290. The summed E-state index contributed by atoms with van der Waals surface area (Å²) in [5, 5.41) is 11.5. The number of pyridine rings is 1. The SMILES string of the molecule is CCCCc1nc2c(N)nc3ccsc3c2n1Cc1ccc(CN2CCC[C@H]2C(=O)O)cc1. The van der Waals surface area contributed by atoms with Crippen LogP contribution in [0.4, 0.5) is 5.82 Å². The topological polar surface area (TPSA) is 97.3 Å². The van der Waals surface area contributed by atoms with Crippen LogP contribution in [0.3, 0.4) is 0 Å². The molecule has 0 unspecified atom stereocenters. The van der Waals surface area contributed by atoms with Crippen molar-refractivity contribution < 1.29 is 9.90 Å². The van der Waals surface area contributed by atoms with E-state index in [2.05, 4.69) is 51.0 Å². The number of likely N-dealkylation sites (tertiary alicyclic amines) is 1. The van der Waals surface area contributed by atoms with Crippen LogP contribution in [0, 0.1) is 0 Å². The molecule has 1 aromatic carbocycles. The van der Waals surface area contributed by atoms with Gasteiger partial charge in [0.05, 0.1) is 15.7 Å². The Hall–Kier alpha value is -2.97. The number of benzene rings is 1. The molecule has 1 fully saturated rings. The second-order valence-corrected chi connectivity index (χ2v) is 9.75. The van der Waals surface area contributed by atoms with Crippen LogP contribution in [0.25, 0.3) is 21.3 Å². The van der Waals surface area contributed by atoms with Crippen molar-refractivity contribution in [2.45, 2.75) is 58.2 Å².